The Balaban J connectivity index is 3.48. The van der Waals surface area contributed by atoms with Gasteiger partial charge in [-0.1, -0.05) is 0 Å². The van der Waals surface area contributed by atoms with Crippen molar-refractivity contribution in [2.45, 2.75) is 12.1 Å². The molecule has 0 radical (unpaired) electrons. The smallest absolute Gasteiger partial charge is 0.330 e. The zero-order chi connectivity index (χ0) is 12.7. The maximum atomic E-state index is 12.8. The molecule has 0 aliphatic heterocycles. The molecule has 1 aromatic rings. The van der Waals surface area contributed by atoms with Gasteiger partial charge in [-0.2, -0.15) is 22.0 Å². The lowest BCUT2D eigenvalue weighted by molar-refractivity contribution is -0.291. The summed E-state index contributed by atoms with van der Waals surface area (Å²) in [6, 6.07) is 0.170. The molecule has 1 aromatic heterocycles. The van der Waals surface area contributed by atoms with Gasteiger partial charge in [0.25, 0.3) is 5.56 Å². The maximum Gasteiger partial charge on any atom is 0.459 e. The van der Waals surface area contributed by atoms with Crippen molar-refractivity contribution < 1.29 is 22.0 Å². The van der Waals surface area contributed by atoms with Gasteiger partial charge in [0.15, 0.2) is 4.77 Å². The highest BCUT2D eigenvalue weighted by molar-refractivity contribution is 7.71. The zero-order valence-corrected chi connectivity index (χ0v) is 8.55. The Hall–Kier alpha value is -1.25. The lowest BCUT2D eigenvalue weighted by Crippen LogP contribution is -2.36. The molecule has 0 atom stereocenters. The van der Waals surface area contributed by atoms with Crippen LogP contribution in [0, 0.1) is 4.77 Å². The van der Waals surface area contributed by atoms with E-state index in [-0.39, 0.29) is 6.07 Å². The van der Waals surface area contributed by atoms with Gasteiger partial charge in [0.05, 0.1) is 0 Å². The molecule has 0 bridgehead atoms. The number of H-pyrrole nitrogens is 1. The highest BCUT2D eigenvalue weighted by Crippen LogP contribution is 2.42. The number of halogens is 5. The molecule has 16 heavy (non-hydrogen) atoms. The van der Waals surface area contributed by atoms with Crippen LogP contribution in [0.25, 0.3) is 0 Å². The van der Waals surface area contributed by atoms with Crippen molar-refractivity contribution in [2.75, 3.05) is 0 Å². The van der Waals surface area contributed by atoms with E-state index >= 15 is 0 Å². The molecule has 0 aliphatic carbocycles. The summed E-state index contributed by atoms with van der Waals surface area (Å²) in [5, 5.41) is 0. The van der Waals surface area contributed by atoms with E-state index in [9.17, 15) is 26.7 Å². The van der Waals surface area contributed by atoms with Crippen LogP contribution < -0.4 is 5.56 Å². The molecule has 0 saturated carbocycles. The van der Waals surface area contributed by atoms with Gasteiger partial charge < -0.3 is 4.98 Å². The predicted octanol–water partition coefficient (Wildman–Crippen LogP) is 2.10. The third-order valence-electron chi connectivity index (χ3n) is 1.84. The molecule has 3 nitrogen and oxygen atoms in total. The van der Waals surface area contributed by atoms with E-state index in [1.807, 2.05) is 0 Å². The third kappa shape index (κ3) is 1.99. The van der Waals surface area contributed by atoms with E-state index in [0.29, 0.717) is 0 Å². The monoisotopic (exact) mass is 260 g/mol. The molecular weight excluding hydrogens is 255 g/mol. The second-order valence-corrected chi connectivity index (χ2v) is 3.34. The third-order valence-corrected chi connectivity index (χ3v) is 2.21. The van der Waals surface area contributed by atoms with Gasteiger partial charge in [-0.15, -0.1) is 0 Å². The minimum atomic E-state index is -5.78. The Morgan fingerprint density at radius 2 is 1.81 bits per heavy atom. The first-order valence-corrected chi connectivity index (χ1v) is 4.23. The highest BCUT2D eigenvalue weighted by atomic mass is 32.1. The summed E-state index contributed by atoms with van der Waals surface area (Å²) >= 11 is 4.43. The summed E-state index contributed by atoms with van der Waals surface area (Å²) in [6.45, 7) is 0. The fourth-order valence-electron chi connectivity index (χ4n) is 0.877. The van der Waals surface area contributed by atoms with Gasteiger partial charge >= 0.3 is 12.1 Å². The van der Waals surface area contributed by atoms with Gasteiger partial charge in [0.2, 0.25) is 0 Å². The maximum absolute atomic E-state index is 12.8. The molecule has 9 heteroatoms. The molecule has 90 valence electrons. The largest absolute Gasteiger partial charge is 0.459 e. The minimum absolute atomic E-state index is 0.170. The van der Waals surface area contributed by atoms with E-state index in [0.717, 1.165) is 11.6 Å². The molecular formula is C7H5F5N2OS. The molecule has 1 rings (SSSR count). The number of nitrogens with zero attached hydrogens (tertiary/aromatic N) is 1. The van der Waals surface area contributed by atoms with Crippen LogP contribution in [-0.4, -0.2) is 15.7 Å². The van der Waals surface area contributed by atoms with Gasteiger partial charge in [-0.3, -0.25) is 9.36 Å². The summed E-state index contributed by atoms with van der Waals surface area (Å²) < 4.78 is 61.8. The number of aromatic amines is 1. The summed E-state index contributed by atoms with van der Waals surface area (Å²) in [4.78, 5) is 12.7. The number of aromatic nitrogens is 2. The molecule has 1 N–H and O–H groups in total. The van der Waals surface area contributed by atoms with E-state index in [1.54, 1.807) is 4.98 Å². The van der Waals surface area contributed by atoms with Crippen molar-refractivity contribution in [1.82, 2.24) is 9.55 Å². The van der Waals surface area contributed by atoms with Crippen LogP contribution in [0.15, 0.2) is 10.9 Å². The molecule has 1 heterocycles. The second kappa shape index (κ2) is 3.65. The van der Waals surface area contributed by atoms with Crippen LogP contribution >= 0.6 is 12.2 Å². The van der Waals surface area contributed by atoms with Crippen LogP contribution in [-0.2, 0) is 13.0 Å². The van der Waals surface area contributed by atoms with Crippen molar-refractivity contribution in [3.8, 4) is 0 Å². The molecule has 0 aromatic carbocycles. The summed E-state index contributed by atoms with van der Waals surface area (Å²) in [5.41, 5.74) is -2.60. The number of nitrogens with one attached hydrogen (secondary N) is 1. The van der Waals surface area contributed by atoms with Crippen molar-refractivity contribution >= 4 is 12.2 Å². The first-order valence-electron chi connectivity index (χ1n) is 3.82. The number of alkyl halides is 5. The molecule has 0 saturated heterocycles. The van der Waals surface area contributed by atoms with Crippen LogP contribution in [0.1, 0.15) is 5.69 Å². The van der Waals surface area contributed by atoms with Crippen molar-refractivity contribution in [3.63, 3.8) is 0 Å². The Morgan fingerprint density at radius 1 is 1.31 bits per heavy atom. The fourth-order valence-corrected chi connectivity index (χ4v) is 1.08. The van der Waals surface area contributed by atoms with E-state index in [2.05, 4.69) is 12.2 Å². The van der Waals surface area contributed by atoms with E-state index in [1.165, 1.54) is 0 Å². The summed E-state index contributed by atoms with van der Waals surface area (Å²) in [7, 11) is 1.15. The second-order valence-electron chi connectivity index (χ2n) is 2.96. The van der Waals surface area contributed by atoms with Crippen LogP contribution in [0.4, 0.5) is 22.0 Å². The quantitative estimate of drug-likeness (QED) is 0.620. The molecule has 0 spiro atoms. The zero-order valence-electron chi connectivity index (χ0n) is 7.73. The molecule has 0 unspecified atom stereocenters. The van der Waals surface area contributed by atoms with Crippen LogP contribution in [0.3, 0.4) is 0 Å². The Morgan fingerprint density at radius 3 is 2.19 bits per heavy atom. The van der Waals surface area contributed by atoms with Crippen LogP contribution in [0.5, 0.6) is 0 Å². The Kier molecular flexibility index (Phi) is 2.92. The molecule has 0 amide bonds. The average molecular weight is 260 g/mol. The topological polar surface area (TPSA) is 37.8 Å². The number of hydrogen-bond acceptors (Lipinski definition) is 2. The molecule has 0 aliphatic rings. The summed E-state index contributed by atoms with van der Waals surface area (Å²) in [6.07, 6.45) is -5.78. The van der Waals surface area contributed by atoms with Crippen molar-refractivity contribution in [1.29, 1.82) is 0 Å². The van der Waals surface area contributed by atoms with Gasteiger partial charge in [-0.05, 0) is 12.2 Å². The highest BCUT2D eigenvalue weighted by Gasteiger charge is 2.59. The van der Waals surface area contributed by atoms with Crippen molar-refractivity contribution in [2.24, 2.45) is 7.05 Å². The lowest BCUT2D eigenvalue weighted by Gasteiger charge is -2.19. The normalized spacial score (nSPS) is 12.9. The van der Waals surface area contributed by atoms with Crippen LogP contribution in [0.2, 0.25) is 0 Å². The number of hydrogen-bond donors (Lipinski definition) is 1. The van der Waals surface area contributed by atoms with Gasteiger partial charge in [-0.25, -0.2) is 0 Å². The predicted molar refractivity (Wildman–Crippen MR) is 46.8 cm³/mol. The first-order chi connectivity index (χ1) is 7.07. The van der Waals surface area contributed by atoms with Crippen molar-refractivity contribution in [3.05, 3.63) is 26.9 Å². The number of rotatable bonds is 1. The van der Waals surface area contributed by atoms with Gasteiger partial charge in [0.1, 0.15) is 5.69 Å². The minimum Gasteiger partial charge on any atom is -0.330 e. The fraction of sp³-hybridized carbons (Fsp3) is 0.429. The SMILES string of the molecule is Cn1c(=O)cc(C(F)(F)C(F)(F)F)[nH]c1=S. The standard InChI is InChI=1S/C7H5F5N2OS/c1-14-4(15)2-3(13-5(14)16)6(8,9)7(10,11)12/h2H,1H3,(H,13,16). The molecule has 0 fully saturated rings. The average Bonchev–Trinajstić information content (AvgIpc) is 2.11. The lowest BCUT2D eigenvalue weighted by atomic mass is 10.2. The Bertz CT molecular complexity index is 483. The Labute approximate surface area is 90.5 Å². The van der Waals surface area contributed by atoms with E-state index < -0.39 is 28.1 Å². The van der Waals surface area contributed by atoms with E-state index in [4.69, 9.17) is 0 Å². The first kappa shape index (κ1) is 12.8. The van der Waals surface area contributed by atoms with Gasteiger partial charge in [0, 0.05) is 13.1 Å². The summed E-state index contributed by atoms with van der Waals surface area (Å²) in [5.74, 6) is -5.13.